The molecule has 1 heterocycles. The van der Waals surface area contributed by atoms with E-state index < -0.39 is 0 Å². The first-order chi connectivity index (χ1) is 8.08. The summed E-state index contributed by atoms with van der Waals surface area (Å²) in [5, 5.41) is 4.60. The van der Waals surface area contributed by atoms with Crippen molar-refractivity contribution in [2.24, 2.45) is 11.7 Å². The topological polar surface area (TPSA) is 64.9 Å². The number of nitrogens with zero attached hydrogens (tertiary/aromatic N) is 2. The van der Waals surface area contributed by atoms with Gasteiger partial charge in [-0.05, 0) is 12.3 Å². The van der Waals surface area contributed by atoms with Crippen LogP contribution >= 0.6 is 11.8 Å². The summed E-state index contributed by atoms with van der Waals surface area (Å²) in [5.41, 5.74) is 6.04. The SMILES string of the molecule is CCC(C)SCc1noc([C@@H](N)C(C)CC)n1. The molecule has 0 aromatic carbocycles. The molecular formula is C12H23N3OS. The lowest BCUT2D eigenvalue weighted by molar-refractivity contribution is 0.311. The Hall–Kier alpha value is -0.550. The van der Waals surface area contributed by atoms with Crippen molar-refractivity contribution in [2.45, 2.75) is 57.6 Å². The van der Waals surface area contributed by atoms with E-state index in [1.807, 2.05) is 11.8 Å². The van der Waals surface area contributed by atoms with Gasteiger partial charge in [-0.3, -0.25) is 0 Å². The van der Waals surface area contributed by atoms with Gasteiger partial charge in [0.2, 0.25) is 5.89 Å². The van der Waals surface area contributed by atoms with Crippen molar-refractivity contribution in [3.05, 3.63) is 11.7 Å². The second-order valence-electron chi connectivity index (χ2n) is 4.49. The normalized spacial score (nSPS) is 16.8. The molecule has 0 aliphatic rings. The molecule has 0 amide bonds. The Balaban J connectivity index is 2.53. The van der Waals surface area contributed by atoms with E-state index in [0.717, 1.165) is 24.4 Å². The summed E-state index contributed by atoms with van der Waals surface area (Å²) in [6.45, 7) is 8.59. The third-order valence-corrected chi connectivity index (χ3v) is 4.43. The van der Waals surface area contributed by atoms with Crippen LogP contribution in [0.4, 0.5) is 0 Å². The zero-order valence-electron chi connectivity index (χ0n) is 11.1. The van der Waals surface area contributed by atoms with Crippen LogP contribution in [0.25, 0.3) is 0 Å². The van der Waals surface area contributed by atoms with Crippen LogP contribution in [0.2, 0.25) is 0 Å². The van der Waals surface area contributed by atoms with Gasteiger partial charge in [0.25, 0.3) is 0 Å². The maximum absolute atomic E-state index is 6.04. The summed E-state index contributed by atoms with van der Waals surface area (Å²) in [6.07, 6.45) is 2.17. The summed E-state index contributed by atoms with van der Waals surface area (Å²) in [5.74, 6) is 2.49. The molecule has 3 atom stereocenters. The predicted octanol–water partition coefficient (Wildman–Crippen LogP) is 3.15. The zero-order valence-corrected chi connectivity index (χ0v) is 12.0. The maximum atomic E-state index is 6.04. The Morgan fingerprint density at radius 3 is 2.59 bits per heavy atom. The van der Waals surface area contributed by atoms with E-state index in [-0.39, 0.29) is 6.04 Å². The molecule has 1 aromatic rings. The van der Waals surface area contributed by atoms with Crippen molar-refractivity contribution >= 4 is 11.8 Å². The molecule has 0 saturated heterocycles. The minimum absolute atomic E-state index is 0.144. The van der Waals surface area contributed by atoms with E-state index in [9.17, 15) is 0 Å². The summed E-state index contributed by atoms with van der Waals surface area (Å²) in [7, 11) is 0. The van der Waals surface area contributed by atoms with Gasteiger partial charge in [0.15, 0.2) is 5.82 Å². The van der Waals surface area contributed by atoms with E-state index in [1.54, 1.807) is 0 Å². The van der Waals surface area contributed by atoms with Gasteiger partial charge < -0.3 is 10.3 Å². The van der Waals surface area contributed by atoms with Gasteiger partial charge in [0, 0.05) is 5.25 Å². The molecule has 1 rings (SSSR count). The number of hydrogen-bond donors (Lipinski definition) is 1. The smallest absolute Gasteiger partial charge is 0.243 e. The first-order valence-corrected chi connectivity index (χ1v) is 7.32. The van der Waals surface area contributed by atoms with Crippen molar-refractivity contribution in [3.8, 4) is 0 Å². The highest BCUT2D eigenvalue weighted by Crippen LogP contribution is 2.22. The van der Waals surface area contributed by atoms with E-state index in [4.69, 9.17) is 10.3 Å². The van der Waals surface area contributed by atoms with Crippen LogP contribution in [0.1, 0.15) is 58.3 Å². The second kappa shape index (κ2) is 7.01. The molecule has 0 aliphatic carbocycles. The number of rotatable bonds is 7. The maximum Gasteiger partial charge on any atom is 0.243 e. The Bertz CT molecular complexity index is 329. The van der Waals surface area contributed by atoms with Crippen molar-refractivity contribution in [2.75, 3.05) is 0 Å². The van der Waals surface area contributed by atoms with Crippen molar-refractivity contribution in [1.29, 1.82) is 0 Å². The van der Waals surface area contributed by atoms with Crippen LogP contribution in [0.5, 0.6) is 0 Å². The standard InChI is InChI=1S/C12H23N3OS/c1-5-8(3)11(13)12-14-10(15-16-12)7-17-9(4)6-2/h8-9,11H,5-7,13H2,1-4H3/t8?,9?,11-/m0/s1. The fourth-order valence-electron chi connectivity index (χ4n) is 1.29. The molecule has 2 N–H and O–H groups in total. The zero-order chi connectivity index (χ0) is 12.8. The fourth-order valence-corrected chi connectivity index (χ4v) is 2.08. The van der Waals surface area contributed by atoms with Gasteiger partial charge in [0.1, 0.15) is 0 Å². The molecule has 0 spiro atoms. The van der Waals surface area contributed by atoms with Crippen molar-refractivity contribution in [3.63, 3.8) is 0 Å². The molecule has 0 fully saturated rings. The lowest BCUT2D eigenvalue weighted by atomic mass is 10.0. The third-order valence-electron chi connectivity index (χ3n) is 3.10. The third kappa shape index (κ3) is 4.32. The average Bonchev–Trinajstić information content (AvgIpc) is 2.82. The lowest BCUT2D eigenvalue weighted by Gasteiger charge is -2.13. The Labute approximate surface area is 108 Å². The van der Waals surface area contributed by atoms with E-state index in [1.165, 1.54) is 0 Å². The first-order valence-electron chi connectivity index (χ1n) is 6.28. The van der Waals surface area contributed by atoms with Gasteiger partial charge >= 0.3 is 0 Å². The molecule has 2 unspecified atom stereocenters. The van der Waals surface area contributed by atoms with E-state index >= 15 is 0 Å². The minimum atomic E-state index is -0.144. The predicted molar refractivity (Wildman–Crippen MR) is 71.7 cm³/mol. The lowest BCUT2D eigenvalue weighted by Crippen LogP contribution is -2.18. The van der Waals surface area contributed by atoms with Crippen LogP contribution in [0, 0.1) is 5.92 Å². The molecule has 4 nitrogen and oxygen atoms in total. The molecule has 98 valence electrons. The van der Waals surface area contributed by atoms with Gasteiger partial charge in [-0.15, -0.1) is 0 Å². The van der Waals surface area contributed by atoms with E-state index in [0.29, 0.717) is 17.1 Å². The van der Waals surface area contributed by atoms with Gasteiger partial charge in [-0.25, -0.2) is 0 Å². The minimum Gasteiger partial charge on any atom is -0.338 e. The molecule has 5 heteroatoms. The summed E-state index contributed by atoms with van der Waals surface area (Å²) in [6, 6.07) is -0.144. The number of thioether (sulfide) groups is 1. The molecule has 0 saturated carbocycles. The molecule has 17 heavy (non-hydrogen) atoms. The largest absolute Gasteiger partial charge is 0.338 e. The summed E-state index contributed by atoms with van der Waals surface area (Å²) < 4.78 is 5.22. The fraction of sp³-hybridized carbons (Fsp3) is 0.833. The molecule has 0 bridgehead atoms. The van der Waals surface area contributed by atoms with E-state index in [2.05, 4.69) is 37.8 Å². The van der Waals surface area contributed by atoms with Gasteiger partial charge in [0.05, 0.1) is 11.8 Å². The van der Waals surface area contributed by atoms with Crippen molar-refractivity contribution < 1.29 is 4.52 Å². The Morgan fingerprint density at radius 2 is 2.00 bits per heavy atom. The van der Waals surface area contributed by atoms with Crippen LogP contribution in [-0.2, 0) is 5.75 Å². The molecule has 0 aliphatic heterocycles. The Morgan fingerprint density at radius 1 is 1.29 bits per heavy atom. The monoisotopic (exact) mass is 257 g/mol. The number of aromatic nitrogens is 2. The van der Waals surface area contributed by atoms with Crippen LogP contribution < -0.4 is 5.73 Å². The molecular weight excluding hydrogens is 234 g/mol. The highest BCUT2D eigenvalue weighted by atomic mass is 32.2. The molecule has 0 radical (unpaired) electrons. The number of hydrogen-bond acceptors (Lipinski definition) is 5. The van der Waals surface area contributed by atoms with Crippen LogP contribution in [0.3, 0.4) is 0 Å². The highest BCUT2D eigenvalue weighted by Gasteiger charge is 2.20. The number of nitrogens with two attached hydrogens (primary N) is 1. The summed E-state index contributed by atoms with van der Waals surface area (Å²) in [4.78, 5) is 4.36. The molecule has 1 aromatic heterocycles. The van der Waals surface area contributed by atoms with Crippen LogP contribution in [-0.4, -0.2) is 15.4 Å². The quantitative estimate of drug-likeness (QED) is 0.813. The first kappa shape index (κ1) is 14.5. The van der Waals surface area contributed by atoms with Gasteiger partial charge in [-0.1, -0.05) is 39.3 Å². The van der Waals surface area contributed by atoms with Crippen molar-refractivity contribution in [1.82, 2.24) is 10.1 Å². The average molecular weight is 257 g/mol. The highest BCUT2D eigenvalue weighted by molar-refractivity contribution is 7.99. The van der Waals surface area contributed by atoms with Gasteiger partial charge in [-0.2, -0.15) is 16.7 Å². The summed E-state index contributed by atoms with van der Waals surface area (Å²) >= 11 is 1.84. The Kier molecular flexibility index (Phi) is 5.98. The van der Waals surface area contributed by atoms with Crippen LogP contribution in [0.15, 0.2) is 4.52 Å². The second-order valence-corrected chi connectivity index (χ2v) is 5.92.